The molecule has 0 aliphatic carbocycles. The molecular weight excluding hydrogens is 530 g/mol. The molecule has 2 aromatic rings. The van der Waals surface area contributed by atoms with E-state index in [1.165, 1.54) is 30.9 Å². The van der Waals surface area contributed by atoms with Crippen LogP contribution < -0.4 is 19.9 Å². The van der Waals surface area contributed by atoms with Crippen LogP contribution >= 0.6 is 0 Å². The van der Waals surface area contributed by atoms with Gasteiger partial charge in [-0.15, -0.1) is 0 Å². The predicted octanol–water partition coefficient (Wildman–Crippen LogP) is 3.90. The first-order valence-corrected chi connectivity index (χ1v) is 15.6. The Morgan fingerprint density at radius 3 is 2.55 bits per heavy atom. The van der Waals surface area contributed by atoms with Gasteiger partial charge in [0, 0.05) is 13.1 Å². The van der Waals surface area contributed by atoms with Crippen LogP contribution in [0.25, 0.3) is 0 Å². The number of hydrogen-bond acceptors (Lipinski definition) is 6. The third-order valence-electron chi connectivity index (χ3n) is 8.07. The number of benzene rings is 2. The molecule has 1 saturated heterocycles. The second-order valence-electron chi connectivity index (χ2n) is 11.4. The van der Waals surface area contributed by atoms with Crippen molar-refractivity contribution < 1.29 is 27.5 Å². The molecule has 1 atom stereocenters. The largest absolute Gasteiger partial charge is 0.496 e. The molecule has 0 bridgehead atoms. The fraction of sp³-hybridized carbons (Fsp3) is 0.533. The number of para-hydroxylation sites is 1. The van der Waals surface area contributed by atoms with Crippen LogP contribution in [0, 0.1) is 11.3 Å². The molecular formula is C30H41N3O6S. The number of piperidine rings is 1. The van der Waals surface area contributed by atoms with E-state index in [9.17, 15) is 18.0 Å². The summed E-state index contributed by atoms with van der Waals surface area (Å²) >= 11 is 0. The molecule has 218 valence electrons. The van der Waals surface area contributed by atoms with Crippen LogP contribution in [0.4, 0.5) is 0 Å². The van der Waals surface area contributed by atoms with Crippen LogP contribution in [-0.4, -0.2) is 58.0 Å². The lowest BCUT2D eigenvalue weighted by molar-refractivity contribution is -0.135. The van der Waals surface area contributed by atoms with Gasteiger partial charge in [-0.3, -0.25) is 9.59 Å². The van der Waals surface area contributed by atoms with Crippen molar-refractivity contribution in [2.45, 2.75) is 69.7 Å². The summed E-state index contributed by atoms with van der Waals surface area (Å²) in [6, 6.07) is 12.0. The van der Waals surface area contributed by atoms with E-state index in [1.807, 2.05) is 18.2 Å². The number of nitrogens with zero attached hydrogens (tertiary/aromatic N) is 1. The number of nitrogens with two attached hydrogens (primary N) is 1. The number of nitrogens with one attached hydrogen (secondary N) is 1. The van der Waals surface area contributed by atoms with Crippen LogP contribution in [-0.2, 0) is 21.2 Å². The average molecular weight is 572 g/mol. The number of rotatable bonds is 5. The third kappa shape index (κ3) is 6.96. The molecule has 0 radical (unpaired) electrons. The SMILES string of the molecule is COc1ccc(S(N)(=O)=O)cc1C(=O)N1CCC2(CCCCc3ccccc3OC[C@H](CC(C)C)NC2=O)CC1. The number of sulfonamides is 1. The quantitative estimate of drug-likeness (QED) is 0.560. The van der Waals surface area contributed by atoms with Gasteiger partial charge < -0.3 is 19.7 Å². The highest BCUT2D eigenvalue weighted by molar-refractivity contribution is 7.89. The van der Waals surface area contributed by atoms with E-state index in [4.69, 9.17) is 14.6 Å². The standard InChI is InChI=1S/C30H41N3O6S/c1-21(2)18-23-20-39-26-10-5-4-8-22(26)9-6-7-13-30(29(35)32-23)14-16-33(17-15-30)28(34)25-19-24(40(31,36)37)11-12-27(25)38-3/h4-5,8,10-12,19,21,23H,6-7,9,13-18,20H2,1-3H3,(H,32,35)(H2,31,36,37)/t23-/m0/s1. The van der Waals surface area contributed by atoms with Gasteiger partial charge in [0.15, 0.2) is 0 Å². The van der Waals surface area contributed by atoms with E-state index in [0.717, 1.165) is 37.9 Å². The van der Waals surface area contributed by atoms with Gasteiger partial charge in [0.1, 0.15) is 18.1 Å². The van der Waals surface area contributed by atoms with Crippen LogP contribution in [0.15, 0.2) is 47.4 Å². The maximum atomic E-state index is 13.9. The smallest absolute Gasteiger partial charge is 0.257 e. The Morgan fingerprint density at radius 2 is 1.88 bits per heavy atom. The molecule has 4 rings (SSSR count). The molecule has 9 nitrogen and oxygen atoms in total. The molecule has 1 fully saturated rings. The number of ether oxygens (including phenoxy) is 2. The highest BCUT2D eigenvalue weighted by Gasteiger charge is 2.43. The van der Waals surface area contributed by atoms with Crippen LogP contribution in [0.3, 0.4) is 0 Å². The van der Waals surface area contributed by atoms with Gasteiger partial charge in [0.05, 0.1) is 29.0 Å². The highest BCUT2D eigenvalue weighted by Crippen LogP contribution is 2.39. The molecule has 0 unspecified atom stereocenters. The number of amides is 2. The first kappa shape index (κ1) is 29.9. The highest BCUT2D eigenvalue weighted by atomic mass is 32.2. The number of carbonyl (C=O) groups is 2. The van der Waals surface area contributed by atoms with Crippen molar-refractivity contribution in [1.29, 1.82) is 0 Å². The van der Waals surface area contributed by atoms with Gasteiger partial charge in [-0.2, -0.15) is 0 Å². The second-order valence-corrected chi connectivity index (χ2v) is 13.0. The van der Waals surface area contributed by atoms with Crippen molar-refractivity contribution in [1.82, 2.24) is 10.2 Å². The summed E-state index contributed by atoms with van der Waals surface area (Å²) in [5, 5.41) is 8.61. The van der Waals surface area contributed by atoms with E-state index in [1.54, 1.807) is 4.90 Å². The third-order valence-corrected chi connectivity index (χ3v) is 8.99. The van der Waals surface area contributed by atoms with Crippen molar-refractivity contribution in [3.8, 4) is 11.5 Å². The molecule has 0 aromatic heterocycles. The predicted molar refractivity (Wildman–Crippen MR) is 153 cm³/mol. The monoisotopic (exact) mass is 571 g/mol. The molecule has 1 spiro atoms. The van der Waals surface area contributed by atoms with Gasteiger partial charge in [0.25, 0.3) is 5.91 Å². The number of fused-ring (bicyclic) bond motifs is 1. The van der Waals surface area contributed by atoms with E-state index in [0.29, 0.717) is 38.5 Å². The van der Waals surface area contributed by atoms with Gasteiger partial charge in [0.2, 0.25) is 15.9 Å². The molecule has 40 heavy (non-hydrogen) atoms. The number of likely N-dealkylation sites (tertiary alicyclic amines) is 1. The zero-order valence-corrected chi connectivity index (χ0v) is 24.5. The minimum absolute atomic E-state index is 0.0245. The summed E-state index contributed by atoms with van der Waals surface area (Å²) < 4.78 is 35.4. The lowest BCUT2D eigenvalue weighted by Crippen LogP contribution is -2.53. The lowest BCUT2D eigenvalue weighted by Gasteiger charge is -2.42. The normalized spacial score (nSPS) is 20.1. The van der Waals surface area contributed by atoms with E-state index >= 15 is 0 Å². The molecule has 2 aliphatic heterocycles. The summed E-state index contributed by atoms with van der Waals surface area (Å²) in [5.74, 6) is 1.23. The van der Waals surface area contributed by atoms with E-state index < -0.39 is 15.4 Å². The Labute approximate surface area is 237 Å². The van der Waals surface area contributed by atoms with Crippen LogP contribution in [0.1, 0.15) is 68.3 Å². The van der Waals surface area contributed by atoms with Crippen molar-refractivity contribution in [3.63, 3.8) is 0 Å². The van der Waals surface area contributed by atoms with Crippen molar-refractivity contribution in [2.24, 2.45) is 16.5 Å². The summed E-state index contributed by atoms with van der Waals surface area (Å²) in [5.41, 5.74) is 0.737. The fourth-order valence-corrected chi connectivity index (χ4v) is 6.37. The second kappa shape index (κ2) is 12.6. The Balaban J connectivity index is 1.53. The minimum Gasteiger partial charge on any atom is -0.496 e. The number of hydrogen-bond donors (Lipinski definition) is 2. The van der Waals surface area contributed by atoms with Crippen molar-refractivity contribution >= 4 is 21.8 Å². The number of carbonyl (C=O) groups excluding carboxylic acids is 2. The summed E-state index contributed by atoms with van der Waals surface area (Å²) in [4.78, 5) is 28.9. The van der Waals surface area contributed by atoms with Crippen molar-refractivity contribution in [3.05, 3.63) is 53.6 Å². The Bertz CT molecular complexity index is 1320. The Morgan fingerprint density at radius 1 is 1.15 bits per heavy atom. The Hall–Kier alpha value is -3.11. The van der Waals surface area contributed by atoms with Crippen LogP contribution in [0.5, 0.6) is 11.5 Å². The Kier molecular flexibility index (Phi) is 9.41. The van der Waals surface area contributed by atoms with E-state index in [2.05, 4.69) is 25.2 Å². The summed E-state index contributed by atoms with van der Waals surface area (Å²) in [6.07, 6.45) is 5.28. The first-order valence-electron chi connectivity index (χ1n) is 14.0. The zero-order chi connectivity index (χ0) is 28.9. The number of methoxy groups -OCH3 is 1. The molecule has 10 heteroatoms. The molecule has 0 saturated carbocycles. The molecule has 3 N–H and O–H groups in total. The van der Waals surface area contributed by atoms with Gasteiger partial charge in [-0.05, 0) is 74.3 Å². The topological polar surface area (TPSA) is 128 Å². The number of primary sulfonamides is 1. The molecule has 2 aromatic carbocycles. The summed E-state index contributed by atoms with van der Waals surface area (Å²) in [6.45, 7) is 5.43. The van der Waals surface area contributed by atoms with Crippen molar-refractivity contribution in [2.75, 3.05) is 26.8 Å². The average Bonchev–Trinajstić information content (AvgIpc) is 2.92. The van der Waals surface area contributed by atoms with Gasteiger partial charge in [-0.25, -0.2) is 13.6 Å². The van der Waals surface area contributed by atoms with Gasteiger partial charge in [-0.1, -0.05) is 38.5 Å². The first-order chi connectivity index (χ1) is 19.0. The molecule has 2 aliphatic rings. The number of aryl methyl sites for hydroxylation is 1. The minimum atomic E-state index is -3.99. The van der Waals surface area contributed by atoms with Gasteiger partial charge >= 0.3 is 0 Å². The molecule has 2 amide bonds. The van der Waals surface area contributed by atoms with E-state index in [-0.39, 0.29) is 34.1 Å². The lowest BCUT2D eigenvalue weighted by atomic mass is 9.73. The molecule has 2 heterocycles. The summed E-state index contributed by atoms with van der Waals surface area (Å²) in [7, 11) is -2.56. The van der Waals surface area contributed by atoms with Crippen LogP contribution in [0.2, 0.25) is 0 Å². The zero-order valence-electron chi connectivity index (χ0n) is 23.6. The fourth-order valence-electron chi connectivity index (χ4n) is 5.83. The maximum Gasteiger partial charge on any atom is 0.257 e. The maximum absolute atomic E-state index is 13.9.